The number of urea groups is 1. The lowest BCUT2D eigenvalue weighted by Gasteiger charge is -2.17. The largest absolute Gasteiger partial charge is 0.349 e. The van der Waals surface area contributed by atoms with E-state index >= 15 is 0 Å². The lowest BCUT2D eigenvalue weighted by molar-refractivity contribution is 0.0951. The third-order valence-corrected chi connectivity index (χ3v) is 5.00. The highest BCUT2D eigenvalue weighted by atomic mass is 35.5. The van der Waals surface area contributed by atoms with Crippen LogP contribution >= 0.6 is 23.2 Å². The van der Waals surface area contributed by atoms with E-state index in [1.165, 1.54) is 0 Å². The SMILES string of the molecule is Cc1ccc(C(=O)NC2CC2)cc1NC(=O)NC(C)c1ccc(Cl)cc1Cl. The average Bonchev–Trinajstić information content (AvgIpc) is 3.40. The standard InChI is InChI=1S/C20H21Cl2N3O2/c1-11-3-4-13(19(26)24-15-6-7-15)9-18(11)25-20(27)23-12(2)16-8-5-14(21)10-17(16)22/h3-5,8-10,12,15H,6-7H2,1-2H3,(H,24,26)(H2,23,25,27). The molecule has 3 N–H and O–H groups in total. The number of rotatable bonds is 5. The van der Waals surface area contributed by atoms with Gasteiger partial charge >= 0.3 is 6.03 Å². The summed E-state index contributed by atoms with van der Waals surface area (Å²) in [4.78, 5) is 24.6. The van der Waals surface area contributed by atoms with E-state index in [1.54, 1.807) is 30.3 Å². The lowest BCUT2D eigenvalue weighted by Crippen LogP contribution is -2.31. The summed E-state index contributed by atoms with van der Waals surface area (Å²) in [6.07, 6.45) is 2.05. The molecule has 0 aliphatic heterocycles. The van der Waals surface area contributed by atoms with Crippen LogP contribution in [-0.2, 0) is 0 Å². The second-order valence-corrected chi connectivity index (χ2v) is 7.61. The van der Waals surface area contributed by atoms with Crippen LogP contribution in [0.25, 0.3) is 0 Å². The molecule has 1 aliphatic carbocycles. The van der Waals surface area contributed by atoms with Gasteiger partial charge in [0.05, 0.1) is 6.04 Å². The highest BCUT2D eigenvalue weighted by molar-refractivity contribution is 6.35. The first kappa shape index (κ1) is 19.5. The lowest BCUT2D eigenvalue weighted by atomic mass is 10.1. The molecule has 1 aliphatic rings. The van der Waals surface area contributed by atoms with Gasteiger partial charge in [-0.2, -0.15) is 0 Å². The smallest absolute Gasteiger partial charge is 0.319 e. The third kappa shape index (κ3) is 5.15. The summed E-state index contributed by atoms with van der Waals surface area (Å²) >= 11 is 12.1. The van der Waals surface area contributed by atoms with Crippen LogP contribution < -0.4 is 16.0 Å². The fraction of sp³-hybridized carbons (Fsp3) is 0.300. The Morgan fingerprint density at radius 3 is 2.52 bits per heavy atom. The van der Waals surface area contributed by atoms with Gasteiger partial charge in [-0.3, -0.25) is 4.79 Å². The summed E-state index contributed by atoms with van der Waals surface area (Å²) in [5, 5.41) is 9.62. The Bertz CT molecular complexity index is 882. The monoisotopic (exact) mass is 405 g/mol. The molecule has 1 fully saturated rings. The normalized spacial score (nSPS) is 14.4. The van der Waals surface area contributed by atoms with Gasteiger partial charge < -0.3 is 16.0 Å². The Hall–Kier alpha value is -2.24. The van der Waals surface area contributed by atoms with Gasteiger partial charge in [0.15, 0.2) is 0 Å². The third-order valence-electron chi connectivity index (χ3n) is 4.44. The van der Waals surface area contributed by atoms with Crippen molar-refractivity contribution in [2.24, 2.45) is 0 Å². The van der Waals surface area contributed by atoms with E-state index < -0.39 is 0 Å². The predicted octanol–water partition coefficient (Wildman–Crippen LogP) is 5.08. The predicted molar refractivity (Wildman–Crippen MR) is 109 cm³/mol. The van der Waals surface area contributed by atoms with Gasteiger partial charge in [0.2, 0.25) is 0 Å². The van der Waals surface area contributed by atoms with E-state index in [2.05, 4.69) is 16.0 Å². The maximum atomic E-state index is 12.4. The van der Waals surface area contributed by atoms with E-state index in [4.69, 9.17) is 23.2 Å². The molecule has 0 bridgehead atoms. The molecule has 2 aromatic carbocycles. The summed E-state index contributed by atoms with van der Waals surface area (Å²) in [6, 6.07) is 10.0. The summed E-state index contributed by atoms with van der Waals surface area (Å²) in [6.45, 7) is 3.71. The molecule has 0 spiro atoms. The minimum atomic E-state index is -0.378. The highest BCUT2D eigenvalue weighted by Gasteiger charge is 2.24. The van der Waals surface area contributed by atoms with Crippen molar-refractivity contribution in [2.45, 2.75) is 38.8 Å². The number of hydrogen-bond donors (Lipinski definition) is 3. The zero-order valence-corrected chi connectivity index (χ0v) is 16.6. The van der Waals surface area contributed by atoms with Crippen LogP contribution in [0.15, 0.2) is 36.4 Å². The van der Waals surface area contributed by atoms with E-state index in [0.717, 1.165) is 24.0 Å². The van der Waals surface area contributed by atoms with Crippen LogP contribution in [-0.4, -0.2) is 18.0 Å². The number of carbonyl (C=O) groups is 2. The Morgan fingerprint density at radius 1 is 1.11 bits per heavy atom. The fourth-order valence-electron chi connectivity index (χ4n) is 2.68. The zero-order chi connectivity index (χ0) is 19.6. The molecule has 0 aromatic heterocycles. The summed E-state index contributed by atoms with van der Waals surface area (Å²) < 4.78 is 0. The number of benzene rings is 2. The minimum absolute atomic E-state index is 0.123. The summed E-state index contributed by atoms with van der Waals surface area (Å²) in [5.74, 6) is -0.123. The quantitative estimate of drug-likeness (QED) is 0.648. The van der Waals surface area contributed by atoms with Gasteiger partial charge in [-0.25, -0.2) is 4.79 Å². The molecule has 0 saturated heterocycles. The zero-order valence-electron chi connectivity index (χ0n) is 15.1. The molecule has 7 heteroatoms. The van der Waals surface area contributed by atoms with Crippen molar-refractivity contribution in [1.82, 2.24) is 10.6 Å². The van der Waals surface area contributed by atoms with Gasteiger partial charge in [-0.1, -0.05) is 35.3 Å². The van der Waals surface area contributed by atoms with Crippen molar-refractivity contribution in [3.8, 4) is 0 Å². The van der Waals surface area contributed by atoms with Crippen molar-refractivity contribution in [2.75, 3.05) is 5.32 Å². The van der Waals surface area contributed by atoms with Crippen molar-refractivity contribution in [1.29, 1.82) is 0 Å². The van der Waals surface area contributed by atoms with Gasteiger partial charge in [0, 0.05) is 27.3 Å². The van der Waals surface area contributed by atoms with Gasteiger partial charge in [0.25, 0.3) is 5.91 Å². The average molecular weight is 406 g/mol. The second-order valence-electron chi connectivity index (χ2n) is 6.76. The molecular formula is C20H21Cl2N3O2. The minimum Gasteiger partial charge on any atom is -0.349 e. The van der Waals surface area contributed by atoms with E-state index in [1.807, 2.05) is 19.9 Å². The molecule has 2 aromatic rings. The first-order valence-electron chi connectivity index (χ1n) is 8.77. The Balaban J connectivity index is 1.66. The summed E-state index contributed by atoms with van der Waals surface area (Å²) in [5.41, 5.74) is 2.75. The van der Waals surface area contributed by atoms with E-state index in [-0.39, 0.29) is 24.0 Å². The Kier molecular flexibility index (Phi) is 5.92. The number of nitrogens with one attached hydrogen (secondary N) is 3. The number of aryl methyl sites for hydroxylation is 1. The van der Waals surface area contributed by atoms with Gasteiger partial charge in [-0.15, -0.1) is 0 Å². The Morgan fingerprint density at radius 2 is 1.85 bits per heavy atom. The maximum absolute atomic E-state index is 12.4. The Labute approximate surface area is 168 Å². The van der Waals surface area contributed by atoms with Crippen molar-refractivity contribution in [3.63, 3.8) is 0 Å². The molecule has 5 nitrogen and oxygen atoms in total. The van der Waals surface area contributed by atoms with E-state index in [9.17, 15) is 9.59 Å². The van der Waals surface area contributed by atoms with Crippen LogP contribution in [0, 0.1) is 6.92 Å². The van der Waals surface area contributed by atoms with Crippen LogP contribution in [0.1, 0.15) is 47.3 Å². The van der Waals surface area contributed by atoms with Crippen LogP contribution in [0.5, 0.6) is 0 Å². The number of carbonyl (C=O) groups excluding carboxylic acids is 2. The highest BCUT2D eigenvalue weighted by Crippen LogP contribution is 2.26. The maximum Gasteiger partial charge on any atom is 0.319 e. The molecule has 3 amide bonds. The molecule has 1 atom stereocenters. The van der Waals surface area contributed by atoms with Crippen LogP contribution in [0.4, 0.5) is 10.5 Å². The molecule has 3 rings (SSSR count). The first-order valence-corrected chi connectivity index (χ1v) is 9.53. The van der Waals surface area contributed by atoms with Gasteiger partial charge in [0.1, 0.15) is 0 Å². The number of hydrogen-bond acceptors (Lipinski definition) is 2. The molecule has 27 heavy (non-hydrogen) atoms. The molecule has 0 heterocycles. The summed E-state index contributed by atoms with van der Waals surface area (Å²) in [7, 11) is 0. The van der Waals surface area contributed by atoms with Crippen molar-refractivity contribution in [3.05, 3.63) is 63.1 Å². The fourth-order valence-corrected chi connectivity index (χ4v) is 3.25. The second kappa shape index (κ2) is 8.19. The number of amides is 3. The van der Waals surface area contributed by atoms with Crippen molar-refractivity contribution < 1.29 is 9.59 Å². The molecule has 0 radical (unpaired) electrons. The number of anilines is 1. The molecule has 142 valence electrons. The van der Waals surface area contributed by atoms with Gasteiger partial charge in [-0.05, 0) is 62.1 Å². The number of halogens is 2. The molecule has 1 unspecified atom stereocenters. The molecule has 1 saturated carbocycles. The van der Waals surface area contributed by atoms with E-state index in [0.29, 0.717) is 21.3 Å². The first-order chi connectivity index (χ1) is 12.8. The van der Waals surface area contributed by atoms with Crippen LogP contribution in [0.3, 0.4) is 0 Å². The van der Waals surface area contributed by atoms with Crippen molar-refractivity contribution >= 4 is 40.8 Å². The topological polar surface area (TPSA) is 70.2 Å². The van der Waals surface area contributed by atoms with Crippen LogP contribution in [0.2, 0.25) is 10.0 Å². The molecular weight excluding hydrogens is 385 g/mol.